The zero-order chi connectivity index (χ0) is 18.4. The molecule has 25 heavy (non-hydrogen) atoms. The van der Waals surface area contributed by atoms with Crippen LogP contribution >= 0.6 is 0 Å². The first kappa shape index (κ1) is 18.7. The summed E-state index contributed by atoms with van der Waals surface area (Å²) in [7, 11) is 2.04. The van der Waals surface area contributed by atoms with Gasteiger partial charge >= 0.3 is 0 Å². The van der Waals surface area contributed by atoms with Crippen LogP contribution in [0.15, 0.2) is 48.5 Å². The summed E-state index contributed by atoms with van der Waals surface area (Å²) in [6.07, 6.45) is 2.50. The molecule has 4 heteroatoms. The number of rotatable bonds is 4. The summed E-state index contributed by atoms with van der Waals surface area (Å²) in [4.78, 5) is 14.3. The molecule has 1 heterocycles. The van der Waals surface area contributed by atoms with Crippen LogP contribution < -0.4 is 10.2 Å². The fourth-order valence-corrected chi connectivity index (χ4v) is 2.80. The van der Waals surface area contributed by atoms with Crippen molar-refractivity contribution in [1.82, 2.24) is 0 Å². The summed E-state index contributed by atoms with van der Waals surface area (Å²) in [5.74, 6) is -0.510. The number of fused-ring (bicyclic) bond motifs is 1. The minimum atomic E-state index is -0.336. The Labute approximate surface area is 149 Å². The molecule has 0 saturated carbocycles. The summed E-state index contributed by atoms with van der Waals surface area (Å²) in [6.45, 7) is 7.00. The number of benzene rings is 2. The highest BCUT2D eigenvalue weighted by atomic mass is 19.1. The van der Waals surface area contributed by atoms with Crippen LogP contribution in [0.5, 0.6) is 0 Å². The Morgan fingerprint density at radius 1 is 1.16 bits per heavy atom. The fourth-order valence-electron chi connectivity index (χ4n) is 2.80. The zero-order valence-electron chi connectivity index (χ0n) is 15.3. The summed E-state index contributed by atoms with van der Waals surface area (Å²) in [5, 5.41) is 2.78. The van der Waals surface area contributed by atoms with Crippen molar-refractivity contribution >= 4 is 22.9 Å². The summed E-state index contributed by atoms with van der Waals surface area (Å²) >= 11 is 0. The van der Waals surface area contributed by atoms with E-state index in [0.717, 1.165) is 17.8 Å². The topological polar surface area (TPSA) is 32.3 Å². The molecule has 0 atom stereocenters. The molecule has 0 spiro atoms. The van der Waals surface area contributed by atoms with Crippen molar-refractivity contribution in [3.63, 3.8) is 0 Å². The van der Waals surface area contributed by atoms with E-state index in [4.69, 9.17) is 0 Å². The van der Waals surface area contributed by atoms with Gasteiger partial charge in [0.1, 0.15) is 5.82 Å². The highest BCUT2D eigenvalue weighted by molar-refractivity contribution is 6.31. The van der Waals surface area contributed by atoms with E-state index in [9.17, 15) is 9.18 Å². The third kappa shape index (κ3) is 4.08. The van der Waals surface area contributed by atoms with E-state index in [0.29, 0.717) is 23.2 Å². The third-order valence-corrected chi connectivity index (χ3v) is 4.17. The number of carbonyl (C=O) groups is 1. The molecule has 0 aromatic heterocycles. The highest BCUT2D eigenvalue weighted by Gasteiger charge is 2.24. The molecule has 2 aromatic rings. The van der Waals surface area contributed by atoms with Crippen LogP contribution in [0.3, 0.4) is 0 Å². The lowest BCUT2D eigenvalue weighted by Crippen LogP contribution is -2.17. The van der Waals surface area contributed by atoms with Crippen LogP contribution in [0.4, 0.5) is 15.8 Å². The van der Waals surface area contributed by atoms with E-state index in [1.807, 2.05) is 39.1 Å². The first-order valence-corrected chi connectivity index (χ1v) is 8.70. The molecule has 3 nitrogen and oxygen atoms in total. The first-order chi connectivity index (χ1) is 12.1. The van der Waals surface area contributed by atoms with Crippen LogP contribution in [0, 0.1) is 5.82 Å². The Hall–Kier alpha value is -2.62. The molecule has 3 rings (SSSR count). The molecule has 0 saturated heterocycles. The Morgan fingerprint density at radius 3 is 2.60 bits per heavy atom. The van der Waals surface area contributed by atoms with E-state index < -0.39 is 0 Å². The van der Waals surface area contributed by atoms with Crippen LogP contribution in [-0.2, 0) is 11.2 Å². The molecule has 0 bridgehead atoms. The van der Waals surface area contributed by atoms with Crippen molar-refractivity contribution in [2.45, 2.75) is 27.2 Å². The summed E-state index contributed by atoms with van der Waals surface area (Å²) in [6, 6.07) is 12.5. The Balaban J connectivity index is 0.00000109. The first-order valence-electron chi connectivity index (χ1n) is 8.70. The second kappa shape index (κ2) is 8.47. The molecular formula is C21H25FN2O. The molecule has 0 unspecified atom stereocenters. The number of halogens is 1. The molecule has 0 radical (unpaired) electrons. The molecule has 0 aliphatic carbocycles. The number of hydrogen-bond donors (Lipinski definition) is 1. The number of carbonyl (C=O) groups excluding carboxylic acids is 1. The third-order valence-electron chi connectivity index (χ3n) is 4.17. The van der Waals surface area contributed by atoms with Gasteiger partial charge in [0.2, 0.25) is 0 Å². The number of anilines is 2. The van der Waals surface area contributed by atoms with E-state index in [1.165, 1.54) is 12.1 Å². The molecular weight excluding hydrogens is 315 g/mol. The van der Waals surface area contributed by atoms with E-state index >= 15 is 0 Å². The SMILES string of the molecule is CC.CCN(C)c1ccccc1C/C=C1\C(=O)Nc2ccc(F)cc21. The van der Waals surface area contributed by atoms with E-state index in [-0.39, 0.29) is 11.7 Å². The van der Waals surface area contributed by atoms with Crippen molar-refractivity contribution < 1.29 is 9.18 Å². The number of amides is 1. The summed E-state index contributed by atoms with van der Waals surface area (Å²) in [5.41, 5.74) is 4.12. The van der Waals surface area contributed by atoms with Crippen LogP contribution in [0.1, 0.15) is 31.9 Å². The van der Waals surface area contributed by atoms with Gasteiger partial charge in [0.05, 0.1) is 0 Å². The molecule has 1 aliphatic heterocycles. The lowest BCUT2D eigenvalue weighted by molar-refractivity contribution is -0.110. The Morgan fingerprint density at radius 2 is 1.88 bits per heavy atom. The lowest BCUT2D eigenvalue weighted by atomic mass is 10.0. The zero-order valence-corrected chi connectivity index (χ0v) is 15.3. The largest absolute Gasteiger partial charge is 0.375 e. The van der Waals surface area contributed by atoms with E-state index in [1.54, 1.807) is 6.07 Å². The Bertz CT molecular complexity index is 783. The van der Waals surface area contributed by atoms with Gasteiger partial charge < -0.3 is 10.2 Å². The normalized spacial score (nSPS) is 13.8. The second-order valence-electron chi connectivity index (χ2n) is 5.61. The molecule has 132 valence electrons. The number of para-hydroxylation sites is 1. The number of allylic oxidation sites excluding steroid dienone is 1. The average molecular weight is 340 g/mol. The van der Waals surface area contributed by atoms with Gasteiger partial charge in [-0.25, -0.2) is 4.39 Å². The highest BCUT2D eigenvalue weighted by Crippen LogP contribution is 2.33. The number of hydrogen-bond acceptors (Lipinski definition) is 2. The number of nitrogens with one attached hydrogen (secondary N) is 1. The Kier molecular flexibility index (Phi) is 6.34. The molecule has 1 N–H and O–H groups in total. The maximum Gasteiger partial charge on any atom is 0.256 e. The molecule has 0 fully saturated rings. The van der Waals surface area contributed by atoms with E-state index in [2.05, 4.69) is 29.3 Å². The lowest BCUT2D eigenvalue weighted by Gasteiger charge is -2.20. The molecule has 1 amide bonds. The smallest absolute Gasteiger partial charge is 0.256 e. The minimum absolute atomic E-state index is 0.174. The van der Waals surface area contributed by atoms with Gasteiger partial charge in [-0.05, 0) is 43.2 Å². The quantitative estimate of drug-likeness (QED) is 0.804. The maximum absolute atomic E-state index is 13.5. The predicted molar refractivity (Wildman–Crippen MR) is 103 cm³/mol. The standard InChI is InChI=1S/C19H19FN2O.C2H6/c1-3-22(2)18-7-5-4-6-13(18)8-10-15-16-12-14(20)9-11-17(16)21-19(15)23;1-2/h4-7,9-12H,3,8H2,1-2H3,(H,21,23);1-2H3/b15-10-;. The van der Waals surface area contributed by atoms with Crippen LogP contribution in [0.25, 0.3) is 5.57 Å². The monoisotopic (exact) mass is 340 g/mol. The van der Waals surface area contributed by atoms with Gasteiger partial charge in [0.25, 0.3) is 5.91 Å². The predicted octanol–water partition coefficient (Wildman–Crippen LogP) is 4.89. The van der Waals surface area contributed by atoms with Crippen molar-refractivity contribution in [2.75, 3.05) is 23.8 Å². The van der Waals surface area contributed by atoms with Crippen LogP contribution in [-0.4, -0.2) is 19.5 Å². The van der Waals surface area contributed by atoms with Gasteiger partial charge in [-0.1, -0.05) is 38.1 Å². The van der Waals surface area contributed by atoms with Gasteiger partial charge in [0, 0.05) is 36.1 Å². The van der Waals surface area contributed by atoms with Gasteiger partial charge in [-0.2, -0.15) is 0 Å². The van der Waals surface area contributed by atoms with Gasteiger partial charge in [-0.3, -0.25) is 4.79 Å². The fraction of sp³-hybridized carbons (Fsp3) is 0.286. The minimum Gasteiger partial charge on any atom is -0.375 e. The van der Waals surface area contributed by atoms with Crippen molar-refractivity contribution in [2.24, 2.45) is 0 Å². The maximum atomic E-state index is 13.5. The van der Waals surface area contributed by atoms with Crippen LogP contribution in [0.2, 0.25) is 0 Å². The second-order valence-corrected chi connectivity index (χ2v) is 5.61. The molecule has 2 aromatic carbocycles. The number of nitrogens with zero attached hydrogens (tertiary/aromatic N) is 1. The van der Waals surface area contributed by atoms with Crippen molar-refractivity contribution in [1.29, 1.82) is 0 Å². The molecule has 1 aliphatic rings. The average Bonchev–Trinajstić information content (AvgIpc) is 2.95. The van der Waals surface area contributed by atoms with Crippen molar-refractivity contribution in [3.8, 4) is 0 Å². The van der Waals surface area contributed by atoms with Gasteiger partial charge in [0.15, 0.2) is 0 Å². The summed E-state index contributed by atoms with van der Waals surface area (Å²) < 4.78 is 13.5. The van der Waals surface area contributed by atoms with Gasteiger partial charge in [-0.15, -0.1) is 0 Å². The van der Waals surface area contributed by atoms with Crippen molar-refractivity contribution in [3.05, 3.63) is 65.5 Å².